The summed E-state index contributed by atoms with van der Waals surface area (Å²) in [4.78, 5) is 15.4. The van der Waals surface area contributed by atoms with E-state index in [-0.39, 0.29) is 17.9 Å². The van der Waals surface area contributed by atoms with E-state index < -0.39 is 5.60 Å². The molecular weight excluding hydrogens is 418 g/mol. The molecule has 0 amide bonds. The van der Waals surface area contributed by atoms with Gasteiger partial charge in [-0.3, -0.25) is 9.69 Å². The number of nitrogens with zero attached hydrogens (tertiary/aromatic N) is 1. The summed E-state index contributed by atoms with van der Waals surface area (Å²) in [5.41, 5.74) is 4.77. The van der Waals surface area contributed by atoms with Crippen molar-refractivity contribution >= 4 is 27.5 Å². The molecule has 5 rings (SSSR count). The van der Waals surface area contributed by atoms with Gasteiger partial charge in [-0.15, -0.1) is 0 Å². The van der Waals surface area contributed by atoms with Gasteiger partial charge in [0.05, 0.1) is 5.92 Å². The minimum absolute atomic E-state index is 0.0339. The van der Waals surface area contributed by atoms with Gasteiger partial charge < -0.3 is 4.74 Å². The van der Waals surface area contributed by atoms with Crippen LogP contribution in [-0.4, -0.2) is 22.5 Å². The van der Waals surface area contributed by atoms with Crippen LogP contribution in [0.4, 0.5) is 0 Å². The Morgan fingerprint density at radius 3 is 1.71 bits per heavy atom. The second kappa shape index (κ2) is 8.56. The Labute approximate surface area is 202 Å². The zero-order chi connectivity index (χ0) is 24.0. The first-order valence-corrected chi connectivity index (χ1v) is 12.2. The molecule has 0 N–H and O–H groups in total. The van der Waals surface area contributed by atoms with Crippen molar-refractivity contribution in [3.8, 4) is 11.1 Å². The highest BCUT2D eigenvalue weighted by Crippen LogP contribution is 2.42. The van der Waals surface area contributed by atoms with E-state index in [2.05, 4.69) is 84.6 Å². The maximum Gasteiger partial charge on any atom is 0.310 e. The van der Waals surface area contributed by atoms with Crippen LogP contribution < -0.4 is 0 Å². The van der Waals surface area contributed by atoms with Gasteiger partial charge in [0.1, 0.15) is 5.60 Å². The van der Waals surface area contributed by atoms with Gasteiger partial charge in [-0.1, -0.05) is 79.7 Å². The monoisotopic (exact) mass is 451 g/mol. The van der Waals surface area contributed by atoms with Gasteiger partial charge in [0.2, 0.25) is 0 Å². The SMILES string of the molecule is C[C@H](C(=O)OC(C)(C)C)[C@@H](C)N1Cc2ccc3ccccc3c2-c2c(ccc3ccccc23)C1. The number of carbonyl (C=O) groups is 1. The first-order chi connectivity index (χ1) is 16.2. The first kappa shape index (κ1) is 22.6. The van der Waals surface area contributed by atoms with Crippen molar-refractivity contribution in [2.45, 2.75) is 59.4 Å². The second-order valence-corrected chi connectivity index (χ2v) is 10.6. The molecule has 0 saturated heterocycles. The Hall–Kier alpha value is -3.17. The van der Waals surface area contributed by atoms with Crippen molar-refractivity contribution in [1.29, 1.82) is 0 Å². The summed E-state index contributed by atoms with van der Waals surface area (Å²) < 4.78 is 5.73. The van der Waals surface area contributed by atoms with E-state index in [1.54, 1.807) is 0 Å². The molecule has 4 aromatic rings. The van der Waals surface area contributed by atoms with Gasteiger partial charge in [0, 0.05) is 19.1 Å². The van der Waals surface area contributed by atoms with Gasteiger partial charge in [-0.05, 0) is 71.5 Å². The maximum atomic E-state index is 12.9. The number of carbonyl (C=O) groups excluding carboxylic acids is 1. The van der Waals surface area contributed by atoms with Crippen LogP contribution in [0.2, 0.25) is 0 Å². The highest BCUT2D eigenvalue weighted by molar-refractivity contribution is 6.08. The van der Waals surface area contributed by atoms with Crippen LogP contribution in [0, 0.1) is 5.92 Å². The molecule has 0 aliphatic carbocycles. The Balaban J connectivity index is 1.66. The molecule has 1 aliphatic rings. The largest absolute Gasteiger partial charge is 0.460 e. The molecule has 3 nitrogen and oxygen atoms in total. The normalized spacial score (nSPS) is 15.9. The lowest BCUT2D eigenvalue weighted by Crippen LogP contribution is -2.41. The lowest BCUT2D eigenvalue weighted by molar-refractivity contribution is -0.161. The average Bonchev–Trinajstić information content (AvgIpc) is 2.99. The van der Waals surface area contributed by atoms with E-state index in [9.17, 15) is 4.79 Å². The van der Waals surface area contributed by atoms with E-state index in [4.69, 9.17) is 4.74 Å². The Bertz CT molecular complexity index is 1290. The van der Waals surface area contributed by atoms with E-state index in [0.29, 0.717) is 0 Å². The van der Waals surface area contributed by atoms with Crippen LogP contribution in [0.15, 0.2) is 72.8 Å². The number of hydrogen-bond acceptors (Lipinski definition) is 3. The number of hydrogen-bond donors (Lipinski definition) is 0. The molecule has 4 aromatic carbocycles. The van der Waals surface area contributed by atoms with Crippen molar-refractivity contribution in [3.05, 3.63) is 83.9 Å². The molecule has 0 bridgehead atoms. The Morgan fingerprint density at radius 1 is 0.765 bits per heavy atom. The molecule has 0 aromatic heterocycles. The van der Waals surface area contributed by atoms with Crippen LogP contribution in [-0.2, 0) is 22.6 Å². The molecule has 2 atom stereocenters. The molecule has 0 saturated carbocycles. The predicted molar refractivity (Wildman–Crippen MR) is 141 cm³/mol. The lowest BCUT2D eigenvalue weighted by atomic mass is 9.88. The van der Waals surface area contributed by atoms with Gasteiger partial charge in [0.15, 0.2) is 0 Å². The summed E-state index contributed by atoms with van der Waals surface area (Å²) in [6.07, 6.45) is 0. The van der Waals surface area contributed by atoms with E-state index in [1.807, 2.05) is 27.7 Å². The number of fused-ring (bicyclic) bond motifs is 7. The number of rotatable bonds is 3. The summed E-state index contributed by atoms with van der Waals surface area (Å²) in [5, 5.41) is 5.08. The predicted octanol–water partition coefficient (Wildman–Crippen LogP) is 7.34. The summed E-state index contributed by atoms with van der Waals surface area (Å²) in [6.45, 7) is 11.5. The fraction of sp³-hybridized carbons (Fsp3) is 0.323. The molecule has 0 unspecified atom stereocenters. The molecule has 0 radical (unpaired) electrons. The number of benzene rings is 4. The van der Waals surface area contributed by atoms with Crippen LogP contribution in [0.3, 0.4) is 0 Å². The first-order valence-electron chi connectivity index (χ1n) is 12.2. The smallest absolute Gasteiger partial charge is 0.310 e. The van der Waals surface area contributed by atoms with Crippen molar-refractivity contribution in [2.24, 2.45) is 5.92 Å². The standard InChI is InChI=1S/C31H33NO2/c1-20(30(33)34-31(3,4)5)21(2)32-18-24-16-14-22-10-6-8-12-26(22)28(24)29-25(19-32)17-15-23-11-7-9-13-27(23)29/h6-17,20-21H,18-19H2,1-5H3/t20-,21+/m0/s1. The van der Waals surface area contributed by atoms with Gasteiger partial charge in [0.25, 0.3) is 0 Å². The Kier molecular flexibility index (Phi) is 5.69. The summed E-state index contributed by atoms with van der Waals surface area (Å²) in [6, 6.07) is 26.3. The van der Waals surface area contributed by atoms with E-state index in [1.165, 1.54) is 43.8 Å². The highest BCUT2D eigenvalue weighted by atomic mass is 16.6. The topological polar surface area (TPSA) is 29.5 Å². The molecule has 3 heteroatoms. The zero-order valence-electron chi connectivity index (χ0n) is 20.8. The molecular formula is C31H33NO2. The van der Waals surface area contributed by atoms with Crippen molar-refractivity contribution in [3.63, 3.8) is 0 Å². The van der Waals surface area contributed by atoms with Crippen LogP contribution >= 0.6 is 0 Å². The maximum absolute atomic E-state index is 12.9. The van der Waals surface area contributed by atoms with Crippen molar-refractivity contribution in [2.75, 3.05) is 0 Å². The van der Waals surface area contributed by atoms with Gasteiger partial charge in [-0.25, -0.2) is 0 Å². The third kappa shape index (κ3) is 4.10. The van der Waals surface area contributed by atoms with Crippen LogP contribution in [0.1, 0.15) is 45.7 Å². The molecule has 174 valence electrons. The minimum Gasteiger partial charge on any atom is -0.460 e. The summed E-state index contributed by atoms with van der Waals surface area (Å²) >= 11 is 0. The fourth-order valence-corrected chi connectivity index (χ4v) is 5.18. The third-order valence-electron chi connectivity index (χ3n) is 7.11. The van der Waals surface area contributed by atoms with Gasteiger partial charge >= 0.3 is 5.97 Å². The number of ether oxygens (including phenoxy) is 1. The van der Waals surface area contributed by atoms with Crippen molar-refractivity contribution < 1.29 is 9.53 Å². The third-order valence-corrected chi connectivity index (χ3v) is 7.11. The van der Waals surface area contributed by atoms with Crippen LogP contribution in [0.5, 0.6) is 0 Å². The molecule has 0 spiro atoms. The van der Waals surface area contributed by atoms with E-state index in [0.717, 1.165) is 13.1 Å². The summed E-state index contributed by atoms with van der Waals surface area (Å²) in [7, 11) is 0. The zero-order valence-corrected chi connectivity index (χ0v) is 20.8. The molecule has 34 heavy (non-hydrogen) atoms. The van der Waals surface area contributed by atoms with Crippen molar-refractivity contribution in [1.82, 2.24) is 4.90 Å². The van der Waals surface area contributed by atoms with E-state index >= 15 is 0 Å². The second-order valence-electron chi connectivity index (χ2n) is 10.6. The summed E-state index contributed by atoms with van der Waals surface area (Å²) in [5.74, 6) is -0.369. The lowest BCUT2D eigenvalue weighted by Gasteiger charge is -2.33. The molecule has 1 heterocycles. The number of esters is 1. The molecule has 1 aliphatic heterocycles. The quantitative estimate of drug-likeness (QED) is 0.305. The van der Waals surface area contributed by atoms with Gasteiger partial charge in [-0.2, -0.15) is 0 Å². The molecule has 0 fully saturated rings. The highest BCUT2D eigenvalue weighted by Gasteiger charge is 2.32. The van der Waals surface area contributed by atoms with Crippen LogP contribution in [0.25, 0.3) is 32.7 Å². The minimum atomic E-state index is -0.485. The fourth-order valence-electron chi connectivity index (χ4n) is 5.18. The Morgan fingerprint density at radius 2 is 1.24 bits per heavy atom. The average molecular weight is 452 g/mol.